The molecule has 0 amide bonds. The van der Waals surface area contributed by atoms with Crippen LogP contribution in [0.25, 0.3) is 0 Å². The van der Waals surface area contributed by atoms with Crippen LogP contribution in [-0.2, 0) is 16.6 Å². The van der Waals surface area contributed by atoms with E-state index in [-0.39, 0.29) is 25.9 Å². The minimum absolute atomic E-state index is 0.0350. The zero-order chi connectivity index (χ0) is 15.6. The Kier molecular flexibility index (Phi) is 4.67. The number of sulfonamides is 1. The summed E-state index contributed by atoms with van der Waals surface area (Å²) >= 11 is 3.90. The van der Waals surface area contributed by atoms with Gasteiger partial charge in [0.05, 0.1) is 3.79 Å². The fourth-order valence-electron chi connectivity index (χ4n) is 1.51. The van der Waals surface area contributed by atoms with Gasteiger partial charge in [-0.2, -0.15) is 0 Å². The molecule has 0 spiro atoms. The summed E-state index contributed by atoms with van der Waals surface area (Å²) < 4.78 is 26.9. The van der Waals surface area contributed by atoms with E-state index in [1.54, 1.807) is 12.1 Å². The van der Waals surface area contributed by atoms with Gasteiger partial charge in [0.2, 0.25) is 10.0 Å². The first-order chi connectivity index (χ1) is 9.79. The van der Waals surface area contributed by atoms with Crippen molar-refractivity contribution in [3.63, 3.8) is 0 Å². The molecule has 0 saturated heterocycles. The zero-order valence-electron chi connectivity index (χ0n) is 10.4. The number of aromatic carboxylic acids is 1. The standard InChI is InChI=1S/C12H10BrNO5S2/c13-11-10(5-9(20-11)12(16)17)21(18,19)14-6-7-1-3-8(15)4-2-7/h1-5,14-15H,6H2,(H,16,17). The first-order valence-corrected chi connectivity index (χ1v) is 8.69. The number of aromatic hydroxyl groups is 1. The molecule has 0 fully saturated rings. The monoisotopic (exact) mass is 391 g/mol. The van der Waals surface area contributed by atoms with Gasteiger partial charge in [-0.1, -0.05) is 12.1 Å². The Bertz CT molecular complexity index is 767. The van der Waals surface area contributed by atoms with Crippen LogP contribution >= 0.6 is 27.3 Å². The molecule has 0 bridgehead atoms. The Morgan fingerprint density at radius 1 is 1.29 bits per heavy atom. The zero-order valence-corrected chi connectivity index (χ0v) is 13.6. The third-order valence-electron chi connectivity index (χ3n) is 2.56. The number of nitrogens with one attached hydrogen (secondary N) is 1. The average molecular weight is 392 g/mol. The lowest BCUT2D eigenvalue weighted by Crippen LogP contribution is -2.23. The maximum atomic E-state index is 12.2. The van der Waals surface area contributed by atoms with Gasteiger partial charge < -0.3 is 10.2 Å². The smallest absolute Gasteiger partial charge is 0.345 e. The molecule has 0 saturated carbocycles. The van der Waals surface area contributed by atoms with Crippen molar-refractivity contribution >= 4 is 43.3 Å². The Morgan fingerprint density at radius 2 is 1.90 bits per heavy atom. The van der Waals surface area contributed by atoms with Gasteiger partial charge >= 0.3 is 5.97 Å². The summed E-state index contributed by atoms with van der Waals surface area (Å²) in [5.74, 6) is -1.09. The molecular formula is C12H10BrNO5S2. The van der Waals surface area contributed by atoms with Crippen LogP contribution in [0.2, 0.25) is 0 Å². The van der Waals surface area contributed by atoms with E-state index in [0.29, 0.717) is 5.56 Å². The van der Waals surface area contributed by atoms with E-state index in [2.05, 4.69) is 20.7 Å². The van der Waals surface area contributed by atoms with Gasteiger partial charge in [0, 0.05) is 6.54 Å². The Morgan fingerprint density at radius 3 is 2.43 bits per heavy atom. The molecule has 0 aliphatic carbocycles. The van der Waals surface area contributed by atoms with Crippen molar-refractivity contribution in [3.05, 3.63) is 44.6 Å². The molecule has 0 aliphatic rings. The summed E-state index contributed by atoms with van der Waals surface area (Å²) in [7, 11) is -3.82. The van der Waals surface area contributed by atoms with Crippen molar-refractivity contribution < 1.29 is 23.4 Å². The van der Waals surface area contributed by atoms with E-state index >= 15 is 0 Å². The van der Waals surface area contributed by atoms with Crippen LogP contribution in [0.5, 0.6) is 5.75 Å². The van der Waals surface area contributed by atoms with Crippen molar-refractivity contribution in [1.82, 2.24) is 4.72 Å². The number of benzene rings is 1. The van der Waals surface area contributed by atoms with Gasteiger partial charge in [0.15, 0.2) is 0 Å². The molecule has 2 rings (SSSR count). The summed E-state index contributed by atoms with van der Waals surface area (Å²) in [5, 5.41) is 18.0. The van der Waals surface area contributed by atoms with E-state index in [0.717, 1.165) is 17.4 Å². The van der Waals surface area contributed by atoms with Crippen molar-refractivity contribution in [2.45, 2.75) is 11.4 Å². The topological polar surface area (TPSA) is 104 Å². The van der Waals surface area contributed by atoms with Gasteiger partial charge in [0.25, 0.3) is 0 Å². The highest BCUT2D eigenvalue weighted by atomic mass is 79.9. The van der Waals surface area contributed by atoms with E-state index < -0.39 is 16.0 Å². The molecule has 1 heterocycles. The van der Waals surface area contributed by atoms with Crippen LogP contribution in [0.1, 0.15) is 15.2 Å². The molecule has 21 heavy (non-hydrogen) atoms. The Balaban J connectivity index is 2.18. The third kappa shape index (κ3) is 3.82. The summed E-state index contributed by atoms with van der Waals surface area (Å²) in [6, 6.07) is 7.18. The van der Waals surface area contributed by atoms with E-state index in [4.69, 9.17) is 10.2 Å². The summed E-state index contributed by atoms with van der Waals surface area (Å²) in [6.45, 7) is 0.0350. The highest BCUT2D eigenvalue weighted by molar-refractivity contribution is 9.11. The molecule has 9 heteroatoms. The molecule has 0 radical (unpaired) electrons. The van der Waals surface area contributed by atoms with Crippen LogP contribution in [-0.4, -0.2) is 24.6 Å². The number of carboxylic acid groups (broad SMARTS) is 1. The lowest BCUT2D eigenvalue weighted by atomic mass is 10.2. The fraction of sp³-hybridized carbons (Fsp3) is 0.0833. The van der Waals surface area contributed by atoms with E-state index in [1.165, 1.54) is 12.1 Å². The Hall–Kier alpha value is -1.42. The van der Waals surface area contributed by atoms with Crippen molar-refractivity contribution in [2.75, 3.05) is 0 Å². The number of carboxylic acids is 1. The number of hydrogen-bond donors (Lipinski definition) is 3. The van der Waals surface area contributed by atoms with Gasteiger partial charge in [-0.25, -0.2) is 17.9 Å². The summed E-state index contributed by atoms with van der Waals surface area (Å²) in [6.07, 6.45) is 0. The molecule has 3 N–H and O–H groups in total. The van der Waals surface area contributed by atoms with E-state index in [1.807, 2.05) is 0 Å². The Labute approximate surface area is 133 Å². The molecule has 0 aliphatic heterocycles. The lowest BCUT2D eigenvalue weighted by molar-refractivity contribution is 0.0702. The maximum absolute atomic E-state index is 12.2. The minimum atomic E-state index is -3.82. The van der Waals surface area contributed by atoms with Gasteiger partial charge in [0.1, 0.15) is 15.5 Å². The highest BCUT2D eigenvalue weighted by Crippen LogP contribution is 2.31. The molecule has 1 aromatic heterocycles. The van der Waals surface area contributed by atoms with Gasteiger partial charge in [-0.3, -0.25) is 0 Å². The number of thiophene rings is 1. The molecule has 1 aromatic carbocycles. The second-order valence-corrected chi connectivity index (χ2v) is 8.15. The van der Waals surface area contributed by atoms with Gasteiger partial charge in [-0.05, 0) is 39.7 Å². The highest BCUT2D eigenvalue weighted by Gasteiger charge is 2.22. The fourth-order valence-corrected chi connectivity index (χ4v) is 4.93. The maximum Gasteiger partial charge on any atom is 0.345 e. The van der Waals surface area contributed by atoms with Crippen molar-refractivity contribution in [1.29, 1.82) is 0 Å². The summed E-state index contributed by atoms with van der Waals surface area (Å²) in [5.41, 5.74) is 0.668. The number of halogens is 1. The van der Waals surface area contributed by atoms with Gasteiger partial charge in [-0.15, -0.1) is 11.3 Å². The van der Waals surface area contributed by atoms with Crippen LogP contribution in [0, 0.1) is 0 Å². The number of phenols is 1. The first-order valence-electron chi connectivity index (χ1n) is 5.60. The van der Waals surface area contributed by atoms with Crippen molar-refractivity contribution in [2.24, 2.45) is 0 Å². The number of carbonyl (C=O) groups is 1. The molecular weight excluding hydrogens is 382 g/mol. The predicted octanol–water partition coefficient (Wildman–Crippen LogP) is 2.39. The quantitative estimate of drug-likeness (QED) is 0.725. The van der Waals surface area contributed by atoms with Crippen LogP contribution in [0.3, 0.4) is 0 Å². The second kappa shape index (κ2) is 6.14. The first kappa shape index (κ1) is 16.0. The predicted molar refractivity (Wildman–Crippen MR) is 81.1 cm³/mol. The minimum Gasteiger partial charge on any atom is -0.508 e. The van der Waals surface area contributed by atoms with Crippen LogP contribution in [0.15, 0.2) is 39.0 Å². The number of phenolic OH excluding ortho intramolecular Hbond substituents is 1. The average Bonchev–Trinajstić information content (AvgIpc) is 2.81. The molecule has 6 nitrogen and oxygen atoms in total. The largest absolute Gasteiger partial charge is 0.508 e. The molecule has 112 valence electrons. The SMILES string of the molecule is O=C(O)c1cc(S(=O)(=O)NCc2ccc(O)cc2)c(Br)s1. The van der Waals surface area contributed by atoms with Crippen LogP contribution < -0.4 is 4.72 Å². The molecule has 0 atom stereocenters. The lowest BCUT2D eigenvalue weighted by Gasteiger charge is -2.06. The van der Waals surface area contributed by atoms with E-state index in [9.17, 15) is 13.2 Å². The third-order valence-corrected chi connectivity index (χ3v) is 6.20. The van der Waals surface area contributed by atoms with Crippen molar-refractivity contribution in [3.8, 4) is 5.75 Å². The second-order valence-electron chi connectivity index (χ2n) is 4.04. The summed E-state index contributed by atoms with van der Waals surface area (Å²) in [4.78, 5) is 10.7. The normalized spacial score (nSPS) is 11.5. The number of rotatable bonds is 5. The van der Waals surface area contributed by atoms with Crippen LogP contribution in [0.4, 0.5) is 0 Å². The number of hydrogen-bond acceptors (Lipinski definition) is 5. The molecule has 2 aromatic rings. The molecule has 0 unspecified atom stereocenters.